The third-order valence-corrected chi connectivity index (χ3v) is 5.01. The minimum atomic E-state index is -0.660. The molecule has 0 bridgehead atoms. The van der Waals surface area contributed by atoms with Gasteiger partial charge in [-0.1, -0.05) is 18.2 Å². The maximum absolute atomic E-state index is 12.4. The van der Waals surface area contributed by atoms with E-state index in [1.165, 1.54) is 0 Å². The number of hydrogen-bond acceptors (Lipinski definition) is 5. The topological polar surface area (TPSA) is 90.9 Å². The Bertz CT molecular complexity index is 637. The van der Waals surface area contributed by atoms with Gasteiger partial charge in [0.25, 0.3) is 0 Å². The standard InChI is InChI=1S/C18H25N3O4/c1-25-15-5-3-2-4-12(15)10-16(22)20-13-6-7-14(18(13)24)21-9-8-19-17(23)11-21/h2-5,13-14,18,24H,6-11H2,1H3,(H,19,23)(H,20,22)/t13-,14-,18-/m1/s1. The first-order valence-corrected chi connectivity index (χ1v) is 8.68. The van der Waals surface area contributed by atoms with E-state index in [0.29, 0.717) is 25.3 Å². The van der Waals surface area contributed by atoms with Gasteiger partial charge in [0.15, 0.2) is 0 Å². The van der Waals surface area contributed by atoms with E-state index in [1.807, 2.05) is 29.2 Å². The van der Waals surface area contributed by atoms with Crippen LogP contribution in [-0.4, -0.2) is 66.8 Å². The van der Waals surface area contributed by atoms with E-state index >= 15 is 0 Å². The number of carbonyl (C=O) groups is 2. The summed E-state index contributed by atoms with van der Waals surface area (Å²) in [6, 6.07) is 7.05. The van der Waals surface area contributed by atoms with Crippen LogP contribution in [0.25, 0.3) is 0 Å². The van der Waals surface area contributed by atoms with E-state index in [4.69, 9.17) is 4.74 Å². The van der Waals surface area contributed by atoms with Crippen molar-refractivity contribution >= 4 is 11.8 Å². The molecule has 2 fully saturated rings. The lowest BCUT2D eigenvalue weighted by atomic mass is 10.1. The molecule has 2 amide bonds. The molecule has 0 unspecified atom stereocenters. The number of aliphatic hydroxyl groups is 1. The molecule has 1 saturated carbocycles. The Morgan fingerprint density at radius 3 is 2.96 bits per heavy atom. The predicted octanol–water partition coefficient (Wildman–Crippen LogP) is -0.322. The number of amides is 2. The number of rotatable bonds is 5. The summed E-state index contributed by atoms with van der Waals surface area (Å²) in [5.74, 6) is 0.537. The van der Waals surface area contributed by atoms with Crippen LogP contribution in [-0.2, 0) is 16.0 Å². The second-order valence-corrected chi connectivity index (χ2v) is 6.62. The molecule has 7 heteroatoms. The third kappa shape index (κ3) is 4.11. The molecule has 0 aromatic heterocycles. The van der Waals surface area contributed by atoms with Crippen LogP contribution in [0.4, 0.5) is 0 Å². The molecule has 136 valence electrons. The van der Waals surface area contributed by atoms with Crippen LogP contribution < -0.4 is 15.4 Å². The number of hydrogen-bond donors (Lipinski definition) is 3. The molecule has 1 aliphatic heterocycles. The van der Waals surface area contributed by atoms with Gasteiger partial charge < -0.3 is 20.5 Å². The van der Waals surface area contributed by atoms with Gasteiger partial charge in [0.05, 0.1) is 32.2 Å². The zero-order valence-electron chi connectivity index (χ0n) is 14.4. The molecule has 3 rings (SSSR count). The number of piperazine rings is 1. The van der Waals surface area contributed by atoms with Crippen molar-refractivity contribution in [2.75, 3.05) is 26.7 Å². The summed E-state index contributed by atoms with van der Waals surface area (Å²) in [6.07, 6.45) is 1.03. The predicted molar refractivity (Wildman–Crippen MR) is 92.2 cm³/mol. The van der Waals surface area contributed by atoms with Crippen LogP contribution >= 0.6 is 0 Å². The van der Waals surface area contributed by atoms with E-state index < -0.39 is 6.10 Å². The Kier molecular flexibility index (Phi) is 5.55. The number of methoxy groups -OCH3 is 1. The summed E-state index contributed by atoms with van der Waals surface area (Å²) in [6.45, 7) is 1.64. The normalized spacial score (nSPS) is 27.0. The summed E-state index contributed by atoms with van der Waals surface area (Å²) in [5, 5.41) is 16.3. The minimum absolute atomic E-state index is 0.0119. The average Bonchev–Trinajstić information content (AvgIpc) is 2.96. The van der Waals surface area contributed by atoms with Crippen LogP contribution in [0.5, 0.6) is 5.75 Å². The first kappa shape index (κ1) is 17.7. The zero-order chi connectivity index (χ0) is 17.8. The molecule has 1 aromatic carbocycles. The highest BCUT2D eigenvalue weighted by atomic mass is 16.5. The van der Waals surface area contributed by atoms with Crippen LogP contribution in [0, 0.1) is 0 Å². The fourth-order valence-electron chi connectivity index (χ4n) is 3.74. The van der Waals surface area contributed by atoms with Crippen molar-refractivity contribution in [1.29, 1.82) is 0 Å². The molecule has 7 nitrogen and oxygen atoms in total. The van der Waals surface area contributed by atoms with E-state index in [-0.39, 0.29) is 30.3 Å². The van der Waals surface area contributed by atoms with Crippen molar-refractivity contribution in [1.82, 2.24) is 15.5 Å². The Morgan fingerprint density at radius 2 is 2.20 bits per heavy atom. The van der Waals surface area contributed by atoms with Crippen molar-refractivity contribution in [3.05, 3.63) is 29.8 Å². The van der Waals surface area contributed by atoms with Gasteiger partial charge in [-0.05, 0) is 18.9 Å². The zero-order valence-corrected chi connectivity index (χ0v) is 14.4. The molecule has 25 heavy (non-hydrogen) atoms. The maximum atomic E-state index is 12.4. The fraction of sp³-hybridized carbons (Fsp3) is 0.556. The summed E-state index contributed by atoms with van der Waals surface area (Å²) >= 11 is 0. The van der Waals surface area contributed by atoms with Crippen LogP contribution in [0.3, 0.4) is 0 Å². The number of benzene rings is 1. The lowest BCUT2D eigenvalue weighted by molar-refractivity contribution is -0.126. The molecule has 1 aromatic rings. The van der Waals surface area contributed by atoms with Gasteiger partial charge in [0.1, 0.15) is 5.75 Å². The number of nitrogens with one attached hydrogen (secondary N) is 2. The quantitative estimate of drug-likeness (QED) is 0.679. The molecule has 3 N–H and O–H groups in total. The summed E-state index contributed by atoms with van der Waals surface area (Å²) in [5.41, 5.74) is 0.819. The second-order valence-electron chi connectivity index (χ2n) is 6.62. The van der Waals surface area contributed by atoms with E-state index in [9.17, 15) is 14.7 Å². The van der Waals surface area contributed by atoms with E-state index in [1.54, 1.807) is 7.11 Å². The summed E-state index contributed by atoms with van der Waals surface area (Å²) in [7, 11) is 1.58. The summed E-state index contributed by atoms with van der Waals surface area (Å²) in [4.78, 5) is 25.9. The van der Waals surface area contributed by atoms with Gasteiger partial charge in [0, 0.05) is 24.7 Å². The summed E-state index contributed by atoms with van der Waals surface area (Å²) < 4.78 is 5.27. The molecular weight excluding hydrogens is 322 g/mol. The monoisotopic (exact) mass is 347 g/mol. The molecule has 3 atom stereocenters. The lowest BCUT2D eigenvalue weighted by Crippen LogP contribution is -2.55. The number of carbonyl (C=O) groups excluding carboxylic acids is 2. The van der Waals surface area contributed by atoms with Gasteiger partial charge in [-0.2, -0.15) is 0 Å². The number of nitrogens with zero attached hydrogens (tertiary/aromatic N) is 1. The molecule has 0 spiro atoms. The molecule has 2 aliphatic rings. The number of aliphatic hydroxyl groups excluding tert-OH is 1. The lowest BCUT2D eigenvalue weighted by Gasteiger charge is -2.34. The minimum Gasteiger partial charge on any atom is -0.496 e. The number of para-hydroxylation sites is 1. The Balaban J connectivity index is 1.56. The van der Waals surface area contributed by atoms with Crippen molar-refractivity contribution in [3.8, 4) is 5.75 Å². The van der Waals surface area contributed by atoms with Gasteiger partial charge in [-0.3, -0.25) is 14.5 Å². The van der Waals surface area contributed by atoms with E-state index in [0.717, 1.165) is 18.5 Å². The Morgan fingerprint density at radius 1 is 1.40 bits per heavy atom. The fourth-order valence-corrected chi connectivity index (χ4v) is 3.74. The molecule has 1 heterocycles. The highest BCUT2D eigenvalue weighted by Gasteiger charge is 2.40. The first-order chi connectivity index (χ1) is 12.1. The van der Waals surface area contributed by atoms with Crippen LogP contribution in [0.15, 0.2) is 24.3 Å². The number of ether oxygens (including phenoxy) is 1. The van der Waals surface area contributed by atoms with E-state index in [2.05, 4.69) is 10.6 Å². The molecule has 1 saturated heterocycles. The second kappa shape index (κ2) is 7.84. The maximum Gasteiger partial charge on any atom is 0.234 e. The van der Waals surface area contributed by atoms with Crippen LogP contribution in [0.2, 0.25) is 0 Å². The van der Waals surface area contributed by atoms with Crippen molar-refractivity contribution in [3.63, 3.8) is 0 Å². The smallest absolute Gasteiger partial charge is 0.234 e. The largest absolute Gasteiger partial charge is 0.496 e. The van der Waals surface area contributed by atoms with Gasteiger partial charge in [-0.25, -0.2) is 0 Å². The van der Waals surface area contributed by atoms with Crippen molar-refractivity contribution < 1.29 is 19.4 Å². The Hall–Kier alpha value is -2.12. The van der Waals surface area contributed by atoms with Crippen molar-refractivity contribution in [2.24, 2.45) is 0 Å². The van der Waals surface area contributed by atoms with Gasteiger partial charge in [-0.15, -0.1) is 0 Å². The average molecular weight is 347 g/mol. The third-order valence-electron chi connectivity index (χ3n) is 5.01. The highest BCUT2D eigenvalue weighted by molar-refractivity contribution is 5.80. The molecule has 1 aliphatic carbocycles. The molecule has 0 radical (unpaired) electrons. The SMILES string of the molecule is COc1ccccc1CC(=O)N[C@@H]1CC[C@@H](N2CCNC(=O)C2)[C@@H]1O. The Labute approximate surface area is 147 Å². The van der Waals surface area contributed by atoms with Crippen LogP contribution in [0.1, 0.15) is 18.4 Å². The highest BCUT2D eigenvalue weighted by Crippen LogP contribution is 2.26. The molecular formula is C18H25N3O4. The van der Waals surface area contributed by atoms with Gasteiger partial charge in [0.2, 0.25) is 11.8 Å². The first-order valence-electron chi connectivity index (χ1n) is 8.68. The van der Waals surface area contributed by atoms with Gasteiger partial charge >= 0.3 is 0 Å². The van der Waals surface area contributed by atoms with Crippen molar-refractivity contribution in [2.45, 2.75) is 37.5 Å².